The number of aryl methyl sites for hydroxylation is 1. The van der Waals surface area contributed by atoms with Crippen LogP contribution in [0.5, 0.6) is 0 Å². The van der Waals surface area contributed by atoms with Gasteiger partial charge in [-0.3, -0.25) is 0 Å². The Labute approximate surface area is 171 Å². The number of nitrogen functional groups attached to an aromatic ring is 1. The number of nitrogens with two attached hydrogens (primary N) is 1. The summed E-state index contributed by atoms with van der Waals surface area (Å²) < 4.78 is 3.77. The van der Waals surface area contributed by atoms with E-state index in [0.29, 0.717) is 16.5 Å². The minimum Gasteiger partial charge on any atom is -0.383 e. The fourth-order valence-corrected chi connectivity index (χ4v) is 3.91. The number of anilines is 1. The molecule has 2 aromatic carbocycles. The number of fused-ring (bicyclic) bond motifs is 2. The van der Waals surface area contributed by atoms with E-state index in [-0.39, 0.29) is 6.04 Å². The van der Waals surface area contributed by atoms with Crippen LogP contribution in [0.1, 0.15) is 24.4 Å². The average molecular weight is 404 g/mol. The molecule has 0 aliphatic rings. The standard InChI is InChI=1S/C21H18ClN7/c1-12-18-20(23)24-11-25-21(18)28(26-12)13(2)19-16-9-8-14(22)10-17(16)29(27-19)15-6-4-3-5-7-15/h3-11,13H,1-2H3,(H2,23,24,25). The maximum Gasteiger partial charge on any atom is 0.164 e. The van der Waals surface area contributed by atoms with Gasteiger partial charge in [-0.15, -0.1) is 0 Å². The Hall–Kier alpha value is -3.45. The van der Waals surface area contributed by atoms with Gasteiger partial charge in [0.2, 0.25) is 0 Å². The highest BCUT2D eigenvalue weighted by Gasteiger charge is 2.23. The second-order valence-electron chi connectivity index (χ2n) is 6.96. The molecule has 8 heteroatoms. The first-order valence-electron chi connectivity index (χ1n) is 9.23. The number of benzene rings is 2. The van der Waals surface area contributed by atoms with E-state index in [2.05, 4.69) is 16.9 Å². The lowest BCUT2D eigenvalue weighted by Gasteiger charge is -2.11. The van der Waals surface area contributed by atoms with E-state index in [1.807, 2.05) is 64.8 Å². The summed E-state index contributed by atoms with van der Waals surface area (Å²) in [5.74, 6) is 0.428. The highest BCUT2D eigenvalue weighted by molar-refractivity contribution is 6.31. The van der Waals surface area contributed by atoms with Crippen molar-refractivity contribution in [2.45, 2.75) is 19.9 Å². The highest BCUT2D eigenvalue weighted by Crippen LogP contribution is 2.32. The fourth-order valence-electron chi connectivity index (χ4n) is 3.74. The molecular formula is C21H18ClN7. The normalized spacial score (nSPS) is 12.7. The van der Waals surface area contributed by atoms with Crippen LogP contribution in [0.3, 0.4) is 0 Å². The molecule has 0 bridgehead atoms. The molecule has 0 aliphatic heterocycles. The Morgan fingerprint density at radius 3 is 2.62 bits per heavy atom. The molecule has 1 atom stereocenters. The lowest BCUT2D eigenvalue weighted by molar-refractivity contribution is 0.559. The quantitative estimate of drug-likeness (QED) is 0.484. The molecule has 0 aliphatic carbocycles. The van der Waals surface area contributed by atoms with Crippen molar-refractivity contribution in [1.82, 2.24) is 29.5 Å². The maximum atomic E-state index is 6.29. The van der Waals surface area contributed by atoms with Crippen LogP contribution in [-0.4, -0.2) is 29.5 Å². The summed E-state index contributed by atoms with van der Waals surface area (Å²) in [6.45, 7) is 3.96. The zero-order valence-electron chi connectivity index (χ0n) is 15.9. The molecule has 7 nitrogen and oxygen atoms in total. The molecule has 0 spiro atoms. The molecule has 2 N–H and O–H groups in total. The Kier molecular flexibility index (Phi) is 3.99. The third kappa shape index (κ3) is 2.74. The monoisotopic (exact) mass is 403 g/mol. The van der Waals surface area contributed by atoms with Crippen molar-refractivity contribution in [2.24, 2.45) is 0 Å². The Morgan fingerprint density at radius 2 is 1.83 bits per heavy atom. The van der Waals surface area contributed by atoms with Crippen molar-refractivity contribution in [2.75, 3.05) is 5.73 Å². The molecule has 0 radical (unpaired) electrons. The number of nitrogens with zero attached hydrogens (tertiary/aromatic N) is 6. The van der Waals surface area contributed by atoms with Gasteiger partial charge in [-0.05, 0) is 44.2 Å². The smallest absolute Gasteiger partial charge is 0.164 e. The number of halogens is 1. The minimum absolute atomic E-state index is 0.172. The van der Waals surface area contributed by atoms with Crippen LogP contribution in [0, 0.1) is 6.92 Å². The summed E-state index contributed by atoms with van der Waals surface area (Å²) in [5, 5.41) is 12.1. The molecule has 144 valence electrons. The van der Waals surface area contributed by atoms with E-state index >= 15 is 0 Å². The summed E-state index contributed by atoms with van der Waals surface area (Å²) in [6.07, 6.45) is 1.46. The van der Waals surface area contributed by atoms with Crippen LogP contribution in [0.2, 0.25) is 5.02 Å². The van der Waals surface area contributed by atoms with Crippen LogP contribution in [-0.2, 0) is 0 Å². The molecule has 1 unspecified atom stereocenters. The van der Waals surface area contributed by atoms with Gasteiger partial charge in [0.25, 0.3) is 0 Å². The van der Waals surface area contributed by atoms with Gasteiger partial charge in [0.15, 0.2) is 5.65 Å². The Bertz CT molecular complexity index is 1350. The van der Waals surface area contributed by atoms with Gasteiger partial charge in [-0.1, -0.05) is 29.8 Å². The van der Waals surface area contributed by atoms with Crippen LogP contribution in [0.25, 0.3) is 27.6 Å². The van der Waals surface area contributed by atoms with Crippen molar-refractivity contribution in [1.29, 1.82) is 0 Å². The zero-order valence-corrected chi connectivity index (χ0v) is 16.7. The second kappa shape index (κ2) is 6.56. The third-order valence-corrected chi connectivity index (χ3v) is 5.36. The van der Waals surface area contributed by atoms with Crippen LogP contribution in [0.15, 0.2) is 54.9 Å². The first-order valence-corrected chi connectivity index (χ1v) is 9.61. The predicted octanol–water partition coefficient (Wildman–Crippen LogP) is 4.32. The zero-order chi connectivity index (χ0) is 20.1. The van der Waals surface area contributed by atoms with Crippen LogP contribution < -0.4 is 5.73 Å². The van der Waals surface area contributed by atoms with Crippen molar-refractivity contribution < 1.29 is 0 Å². The molecule has 3 aromatic heterocycles. The lowest BCUT2D eigenvalue weighted by Crippen LogP contribution is -2.11. The summed E-state index contributed by atoms with van der Waals surface area (Å²) >= 11 is 6.29. The van der Waals surface area contributed by atoms with Gasteiger partial charge < -0.3 is 5.73 Å². The fraction of sp³-hybridized carbons (Fsp3) is 0.143. The van der Waals surface area contributed by atoms with E-state index in [4.69, 9.17) is 27.5 Å². The van der Waals surface area contributed by atoms with Crippen molar-refractivity contribution in [3.05, 3.63) is 71.3 Å². The summed E-state index contributed by atoms with van der Waals surface area (Å²) in [6, 6.07) is 15.6. The first-order chi connectivity index (χ1) is 14.0. The number of para-hydroxylation sites is 1. The summed E-state index contributed by atoms with van der Waals surface area (Å²) in [7, 11) is 0. The van der Waals surface area contributed by atoms with Crippen molar-refractivity contribution >= 4 is 39.4 Å². The van der Waals surface area contributed by atoms with E-state index in [1.54, 1.807) is 0 Å². The third-order valence-electron chi connectivity index (χ3n) is 5.13. The molecule has 0 saturated carbocycles. The lowest BCUT2D eigenvalue weighted by atomic mass is 10.1. The molecular weight excluding hydrogens is 386 g/mol. The number of hydrogen-bond acceptors (Lipinski definition) is 5. The van der Waals surface area contributed by atoms with Crippen LogP contribution >= 0.6 is 11.6 Å². The van der Waals surface area contributed by atoms with Gasteiger partial charge in [0.1, 0.15) is 12.1 Å². The van der Waals surface area contributed by atoms with E-state index < -0.39 is 0 Å². The van der Waals surface area contributed by atoms with E-state index in [1.165, 1.54) is 6.33 Å². The number of aromatic nitrogens is 6. The van der Waals surface area contributed by atoms with E-state index in [0.717, 1.165) is 33.4 Å². The minimum atomic E-state index is -0.172. The van der Waals surface area contributed by atoms with Gasteiger partial charge >= 0.3 is 0 Å². The Morgan fingerprint density at radius 1 is 1.03 bits per heavy atom. The second-order valence-corrected chi connectivity index (χ2v) is 7.39. The first kappa shape index (κ1) is 17.6. The van der Waals surface area contributed by atoms with Crippen molar-refractivity contribution in [3.8, 4) is 5.69 Å². The maximum absolute atomic E-state index is 6.29. The summed E-state index contributed by atoms with van der Waals surface area (Å²) in [5.41, 5.74) is 10.3. The van der Waals surface area contributed by atoms with E-state index in [9.17, 15) is 0 Å². The molecule has 5 rings (SSSR count). The molecule has 3 heterocycles. The van der Waals surface area contributed by atoms with Crippen molar-refractivity contribution in [3.63, 3.8) is 0 Å². The van der Waals surface area contributed by atoms with Gasteiger partial charge in [-0.25, -0.2) is 19.3 Å². The van der Waals surface area contributed by atoms with Gasteiger partial charge in [-0.2, -0.15) is 10.2 Å². The predicted molar refractivity (Wildman–Crippen MR) is 114 cm³/mol. The molecule has 29 heavy (non-hydrogen) atoms. The summed E-state index contributed by atoms with van der Waals surface area (Å²) in [4.78, 5) is 8.52. The van der Waals surface area contributed by atoms with Gasteiger partial charge in [0.05, 0.1) is 34.0 Å². The number of hydrogen-bond donors (Lipinski definition) is 1. The SMILES string of the molecule is Cc1nn(C(C)c2nn(-c3ccccc3)c3cc(Cl)ccc23)c2ncnc(N)c12. The molecule has 0 fully saturated rings. The largest absolute Gasteiger partial charge is 0.383 e. The topological polar surface area (TPSA) is 87.4 Å². The Balaban J connectivity index is 1.75. The molecule has 0 amide bonds. The molecule has 5 aromatic rings. The molecule has 0 saturated heterocycles. The highest BCUT2D eigenvalue weighted by atomic mass is 35.5. The number of rotatable bonds is 3. The van der Waals surface area contributed by atoms with Crippen LogP contribution in [0.4, 0.5) is 5.82 Å². The van der Waals surface area contributed by atoms with Gasteiger partial charge in [0, 0.05) is 10.4 Å². The average Bonchev–Trinajstić information content (AvgIpc) is 3.27.